The van der Waals surface area contributed by atoms with Crippen LogP contribution in [0.5, 0.6) is 0 Å². The fourth-order valence-corrected chi connectivity index (χ4v) is 2.27. The van der Waals surface area contributed by atoms with E-state index >= 15 is 0 Å². The van der Waals surface area contributed by atoms with Crippen molar-refractivity contribution in [1.82, 2.24) is 20.2 Å². The zero-order chi connectivity index (χ0) is 13.5. The lowest BCUT2D eigenvalue weighted by Gasteiger charge is -2.31. The Balaban J connectivity index is 1.93. The molecule has 1 atom stereocenters. The highest BCUT2D eigenvalue weighted by Crippen LogP contribution is 2.18. The molecule has 1 saturated heterocycles. The molecule has 5 heteroatoms. The summed E-state index contributed by atoms with van der Waals surface area (Å²) in [5.74, 6) is 0.807. The van der Waals surface area contributed by atoms with E-state index in [4.69, 9.17) is 4.74 Å². The summed E-state index contributed by atoms with van der Waals surface area (Å²) >= 11 is 0. The number of hydrogen-bond donors (Lipinski definition) is 1. The summed E-state index contributed by atoms with van der Waals surface area (Å²) in [4.78, 5) is 11.3. The molecule has 1 fully saturated rings. The Morgan fingerprint density at radius 3 is 2.84 bits per heavy atom. The van der Waals surface area contributed by atoms with Crippen molar-refractivity contribution in [3.63, 3.8) is 0 Å². The highest BCUT2D eigenvalue weighted by atomic mass is 16.5. The highest BCUT2D eigenvalue weighted by Gasteiger charge is 2.23. The van der Waals surface area contributed by atoms with Gasteiger partial charge in [-0.15, -0.1) is 0 Å². The van der Waals surface area contributed by atoms with Crippen LogP contribution < -0.4 is 5.32 Å². The second-order valence-electron chi connectivity index (χ2n) is 4.89. The van der Waals surface area contributed by atoms with Crippen LogP contribution in [0, 0.1) is 0 Å². The molecule has 0 bridgehead atoms. The topological polar surface area (TPSA) is 50.3 Å². The van der Waals surface area contributed by atoms with Gasteiger partial charge in [0.25, 0.3) is 0 Å². The van der Waals surface area contributed by atoms with E-state index in [1.54, 1.807) is 0 Å². The van der Waals surface area contributed by atoms with E-state index in [9.17, 15) is 0 Å². The Morgan fingerprint density at radius 1 is 1.37 bits per heavy atom. The second-order valence-corrected chi connectivity index (χ2v) is 4.89. The van der Waals surface area contributed by atoms with Crippen molar-refractivity contribution < 1.29 is 4.74 Å². The van der Waals surface area contributed by atoms with Gasteiger partial charge in [-0.25, -0.2) is 9.97 Å². The number of aromatic nitrogens is 2. The lowest BCUT2D eigenvalue weighted by Crippen LogP contribution is -2.39. The molecule has 0 aromatic carbocycles. The third-order valence-corrected chi connectivity index (χ3v) is 3.28. The smallest absolute Gasteiger partial charge is 0.158 e. The molecule has 106 valence electrons. The summed E-state index contributed by atoms with van der Waals surface area (Å²) in [6.07, 6.45) is 4.99. The minimum absolute atomic E-state index is 0.0217. The third kappa shape index (κ3) is 4.23. The summed E-state index contributed by atoms with van der Waals surface area (Å²) in [5.41, 5.74) is 1.12. The Hall–Kier alpha value is -1.04. The maximum Gasteiger partial charge on any atom is 0.158 e. The Labute approximate surface area is 115 Å². The van der Waals surface area contributed by atoms with Crippen LogP contribution in [0.15, 0.2) is 12.4 Å². The Morgan fingerprint density at radius 2 is 2.16 bits per heavy atom. The Kier molecular flexibility index (Phi) is 5.69. The third-order valence-electron chi connectivity index (χ3n) is 3.28. The first-order chi connectivity index (χ1) is 9.33. The van der Waals surface area contributed by atoms with Crippen molar-refractivity contribution in [3.05, 3.63) is 23.8 Å². The molecule has 1 aromatic heterocycles. The van der Waals surface area contributed by atoms with Crippen molar-refractivity contribution in [2.45, 2.75) is 32.9 Å². The second kappa shape index (κ2) is 7.53. The number of rotatable bonds is 6. The molecule has 1 aliphatic rings. The largest absolute Gasteiger partial charge is 0.368 e. The molecule has 1 aromatic rings. The van der Waals surface area contributed by atoms with E-state index < -0.39 is 0 Å². The number of morpholine rings is 1. The molecule has 0 aliphatic carbocycles. The zero-order valence-electron chi connectivity index (χ0n) is 11.9. The van der Waals surface area contributed by atoms with Gasteiger partial charge in [-0.05, 0) is 19.5 Å². The van der Waals surface area contributed by atoms with Crippen LogP contribution in [-0.4, -0.2) is 47.7 Å². The highest BCUT2D eigenvalue weighted by molar-refractivity contribution is 5.06. The average Bonchev–Trinajstić information content (AvgIpc) is 2.46. The van der Waals surface area contributed by atoms with Crippen molar-refractivity contribution >= 4 is 0 Å². The van der Waals surface area contributed by atoms with Gasteiger partial charge in [0.05, 0.1) is 6.61 Å². The molecule has 1 unspecified atom stereocenters. The number of hydrogen-bond acceptors (Lipinski definition) is 5. The van der Waals surface area contributed by atoms with Gasteiger partial charge in [0.1, 0.15) is 6.10 Å². The van der Waals surface area contributed by atoms with Gasteiger partial charge < -0.3 is 10.1 Å². The molecule has 2 rings (SSSR count). The minimum atomic E-state index is 0.0217. The maximum absolute atomic E-state index is 5.78. The van der Waals surface area contributed by atoms with Crippen LogP contribution in [0.3, 0.4) is 0 Å². The van der Waals surface area contributed by atoms with Crippen LogP contribution in [0.1, 0.15) is 37.8 Å². The van der Waals surface area contributed by atoms with Crippen molar-refractivity contribution in [3.8, 4) is 0 Å². The first kappa shape index (κ1) is 14.4. The van der Waals surface area contributed by atoms with Crippen LogP contribution in [-0.2, 0) is 11.3 Å². The molecule has 5 nitrogen and oxygen atoms in total. The molecule has 1 aliphatic heterocycles. The summed E-state index contributed by atoms with van der Waals surface area (Å²) in [7, 11) is 0. The van der Waals surface area contributed by atoms with Crippen LogP contribution >= 0.6 is 0 Å². The normalized spacial score (nSPS) is 20.6. The van der Waals surface area contributed by atoms with Gasteiger partial charge in [-0.3, -0.25) is 4.90 Å². The number of nitrogens with one attached hydrogen (secondary N) is 1. The monoisotopic (exact) mass is 264 g/mol. The molecule has 0 spiro atoms. The van der Waals surface area contributed by atoms with Gasteiger partial charge in [0.15, 0.2) is 5.82 Å². The first-order valence-electron chi connectivity index (χ1n) is 7.19. The summed E-state index contributed by atoms with van der Waals surface area (Å²) in [5, 5.41) is 3.27. The standard InChI is InChI=1S/C14H24N4O/c1-3-5-18-6-7-19-13(11-18)14-16-9-12(10-17-14)8-15-4-2/h9-10,13,15H,3-8,11H2,1-2H3. The predicted molar refractivity (Wildman–Crippen MR) is 74.8 cm³/mol. The Bertz CT molecular complexity index is 366. The molecule has 0 radical (unpaired) electrons. The van der Waals surface area contributed by atoms with E-state index in [1.807, 2.05) is 12.4 Å². The summed E-state index contributed by atoms with van der Waals surface area (Å²) in [6, 6.07) is 0. The van der Waals surface area contributed by atoms with Gasteiger partial charge in [0.2, 0.25) is 0 Å². The quantitative estimate of drug-likeness (QED) is 0.841. The zero-order valence-corrected chi connectivity index (χ0v) is 11.9. The summed E-state index contributed by atoms with van der Waals surface area (Å²) in [6.45, 7) is 9.89. The van der Waals surface area contributed by atoms with E-state index in [2.05, 4.69) is 34.0 Å². The fraction of sp³-hybridized carbons (Fsp3) is 0.714. The molecule has 19 heavy (non-hydrogen) atoms. The molecular formula is C14H24N4O. The van der Waals surface area contributed by atoms with Crippen LogP contribution in [0.4, 0.5) is 0 Å². The average molecular weight is 264 g/mol. The van der Waals surface area contributed by atoms with Crippen molar-refractivity contribution in [1.29, 1.82) is 0 Å². The lowest BCUT2D eigenvalue weighted by atomic mass is 10.2. The molecule has 0 saturated carbocycles. The maximum atomic E-state index is 5.78. The molecule has 0 amide bonds. The van der Waals surface area contributed by atoms with Crippen molar-refractivity contribution in [2.24, 2.45) is 0 Å². The van der Waals surface area contributed by atoms with E-state index in [-0.39, 0.29) is 6.10 Å². The van der Waals surface area contributed by atoms with E-state index in [0.29, 0.717) is 0 Å². The number of ether oxygens (including phenoxy) is 1. The molecular weight excluding hydrogens is 240 g/mol. The SMILES string of the molecule is CCCN1CCOC(c2ncc(CNCC)cn2)C1. The van der Waals surface area contributed by atoms with Crippen LogP contribution in [0.25, 0.3) is 0 Å². The number of nitrogens with zero attached hydrogens (tertiary/aromatic N) is 3. The van der Waals surface area contributed by atoms with Gasteiger partial charge >= 0.3 is 0 Å². The first-order valence-corrected chi connectivity index (χ1v) is 7.19. The minimum Gasteiger partial charge on any atom is -0.368 e. The van der Waals surface area contributed by atoms with E-state index in [1.165, 1.54) is 6.42 Å². The van der Waals surface area contributed by atoms with Gasteiger partial charge in [0, 0.05) is 37.6 Å². The van der Waals surface area contributed by atoms with Crippen molar-refractivity contribution in [2.75, 3.05) is 32.8 Å². The summed E-state index contributed by atoms with van der Waals surface area (Å²) < 4.78 is 5.78. The van der Waals surface area contributed by atoms with Crippen LogP contribution in [0.2, 0.25) is 0 Å². The van der Waals surface area contributed by atoms with Gasteiger partial charge in [-0.1, -0.05) is 13.8 Å². The van der Waals surface area contributed by atoms with Gasteiger partial charge in [-0.2, -0.15) is 0 Å². The lowest BCUT2D eigenvalue weighted by molar-refractivity contribution is -0.0342. The predicted octanol–water partition coefficient (Wildman–Crippen LogP) is 1.37. The molecule has 2 heterocycles. The molecule has 1 N–H and O–H groups in total. The fourth-order valence-electron chi connectivity index (χ4n) is 2.27. The van der Waals surface area contributed by atoms with E-state index in [0.717, 1.165) is 50.7 Å².